The predicted molar refractivity (Wildman–Crippen MR) is 82.4 cm³/mol. The molecule has 0 bridgehead atoms. The second-order valence-electron chi connectivity index (χ2n) is 4.86. The van der Waals surface area contributed by atoms with Crippen molar-refractivity contribution in [2.24, 2.45) is 0 Å². The Balaban J connectivity index is 2.36. The molecule has 0 aliphatic heterocycles. The summed E-state index contributed by atoms with van der Waals surface area (Å²) in [7, 11) is 3.97. The lowest BCUT2D eigenvalue weighted by atomic mass is 10.00. The average molecular weight is 271 g/mol. The summed E-state index contributed by atoms with van der Waals surface area (Å²) < 4.78 is 5.59. The van der Waals surface area contributed by atoms with Gasteiger partial charge in [0.1, 0.15) is 11.9 Å². The molecule has 1 unspecified atom stereocenters. The second kappa shape index (κ2) is 6.44. The lowest BCUT2D eigenvalue weighted by Gasteiger charge is -2.18. The van der Waals surface area contributed by atoms with Gasteiger partial charge in [0.05, 0.1) is 6.61 Å². The van der Waals surface area contributed by atoms with E-state index in [4.69, 9.17) is 4.74 Å². The Hall–Kier alpha value is -2.00. The van der Waals surface area contributed by atoms with Gasteiger partial charge in [-0.25, -0.2) is 0 Å². The Morgan fingerprint density at radius 1 is 1.10 bits per heavy atom. The van der Waals surface area contributed by atoms with E-state index in [0.29, 0.717) is 6.61 Å². The first-order chi connectivity index (χ1) is 9.63. The molecule has 0 amide bonds. The van der Waals surface area contributed by atoms with Gasteiger partial charge in [-0.3, -0.25) is 0 Å². The SMILES string of the molecule is CCOc1ccccc1C(O)c1cccc(N(C)C)c1. The molecule has 0 saturated carbocycles. The number of para-hydroxylation sites is 1. The monoisotopic (exact) mass is 271 g/mol. The van der Waals surface area contributed by atoms with E-state index in [2.05, 4.69) is 0 Å². The number of aliphatic hydroxyl groups excluding tert-OH is 1. The van der Waals surface area contributed by atoms with Crippen molar-refractivity contribution >= 4 is 5.69 Å². The summed E-state index contributed by atoms with van der Waals surface area (Å²) in [6.45, 7) is 2.53. The van der Waals surface area contributed by atoms with Crippen molar-refractivity contribution in [3.63, 3.8) is 0 Å². The Bertz CT molecular complexity index is 566. The zero-order valence-corrected chi connectivity index (χ0v) is 12.2. The molecule has 0 heterocycles. The van der Waals surface area contributed by atoms with Crippen LogP contribution >= 0.6 is 0 Å². The van der Waals surface area contributed by atoms with Crippen molar-refractivity contribution in [2.45, 2.75) is 13.0 Å². The van der Waals surface area contributed by atoms with Crippen LogP contribution in [-0.2, 0) is 0 Å². The van der Waals surface area contributed by atoms with Crippen LogP contribution < -0.4 is 9.64 Å². The lowest BCUT2D eigenvalue weighted by molar-refractivity contribution is 0.212. The first kappa shape index (κ1) is 14.4. The van der Waals surface area contributed by atoms with E-state index in [9.17, 15) is 5.11 Å². The zero-order valence-electron chi connectivity index (χ0n) is 12.2. The molecular weight excluding hydrogens is 250 g/mol. The molecule has 0 radical (unpaired) electrons. The number of ether oxygens (including phenoxy) is 1. The Kier molecular flexibility index (Phi) is 4.64. The molecule has 0 aliphatic carbocycles. The molecular formula is C17H21NO2. The molecule has 3 heteroatoms. The van der Waals surface area contributed by atoms with E-state index >= 15 is 0 Å². The minimum atomic E-state index is -0.683. The summed E-state index contributed by atoms with van der Waals surface area (Å²) in [5.41, 5.74) is 2.73. The molecule has 0 fully saturated rings. The maximum atomic E-state index is 10.6. The fourth-order valence-electron chi connectivity index (χ4n) is 2.15. The number of anilines is 1. The molecule has 0 saturated heterocycles. The molecule has 2 aromatic carbocycles. The van der Waals surface area contributed by atoms with Crippen LogP contribution in [0.25, 0.3) is 0 Å². The van der Waals surface area contributed by atoms with E-state index in [1.54, 1.807) is 0 Å². The Morgan fingerprint density at radius 3 is 2.55 bits per heavy atom. The van der Waals surface area contributed by atoms with Gasteiger partial charge in [0.25, 0.3) is 0 Å². The van der Waals surface area contributed by atoms with Crippen LogP contribution in [0, 0.1) is 0 Å². The molecule has 0 aliphatic rings. The minimum absolute atomic E-state index is 0.585. The summed E-state index contributed by atoms with van der Waals surface area (Å²) in [5, 5.41) is 10.6. The summed E-state index contributed by atoms with van der Waals surface area (Å²) >= 11 is 0. The highest BCUT2D eigenvalue weighted by Gasteiger charge is 2.15. The number of hydrogen-bond donors (Lipinski definition) is 1. The van der Waals surface area contributed by atoms with Gasteiger partial charge in [-0.15, -0.1) is 0 Å². The van der Waals surface area contributed by atoms with Gasteiger partial charge in [0, 0.05) is 25.3 Å². The van der Waals surface area contributed by atoms with Crippen LogP contribution in [-0.4, -0.2) is 25.8 Å². The van der Waals surface area contributed by atoms with Gasteiger partial charge in [-0.1, -0.05) is 30.3 Å². The van der Waals surface area contributed by atoms with Crippen molar-refractivity contribution in [1.82, 2.24) is 0 Å². The van der Waals surface area contributed by atoms with Gasteiger partial charge in [0.2, 0.25) is 0 Å². The smallest absolute Gasteiger partial charge is 0.125 e. The summed E-state index contributed by atoms with van der Waals surface area (Å²) in [5.74, 6) is 0.734. The third-order valence-corrected chi connectivity index (χ3v) is 3.22. The molecule has 0 spiro atoms. The normalized spacial score (nSPS) is 12.0. The molecule has 1 N–H and O–H groups in total. The van der Waals surface area contributed by atoms with Gasteiger partial charge in [-0.05, 0) is 30.7 Å². The largest absolute Gasteiger partial charge is 0.493 e. The van der Waals surface area contributed by atoms with Crippen molar-refractivity contribution in [2.75, 3.05) is 25.6 Å². The van der Waals surface area contributed by atoms with E-state index in [-0.39, 0.29) is 0 Å². The van der Waals surface area contributed by atoms with Crippen LogP contribution in [0.2, 0.25) is 0 Å². The maximum Gasteiger partial charge on any atom is 0.125 e. The number of benzene rings is 2. The predicted octanol–water partition coefficient (Wildman–Crippen LogP) is 3.23. The lowest BCUT2D eigenvalue weighted by Crippen LogP contribution is -2.10. The molecule has 3 nitrogen and oxygen atoms in total. The zero-order chi connectivity index (χ0) is 14.5. The third kappa shape index (κ3) is 3.11. The number of nitrogens with zero attached hydrogens (tertiary/aromatic N) is 1. The van der Waals surface area contributed by atoms with Crippen LogP contribution in [0.15, 0.2) is 48.5 Å². The van der Waals surface area contributed by atoms with E-state index < -0.39 is 6.10 Å². The van der Waals surface area contributed by atoms with Gasteiger partial charge < -0.3 is 14.7 Å². The van der Waals surface area contributed by atoms with E-state index in [1.165, 1.54) is 0 Å². The molecule has 0 aromatic heterocycles. The standard InChI is InChI=1S/C17H21NO2/c1-4-20-16-11-6-5-10-15(16)17(19)13-8-7-9-14(12-13)18(2)3/h5-12,17,19H,4H2,1-3H3. The molecule has 20 heavy (non-hydrogen) atoms. The first-order valence-corrected chi connectivity index (χ1v) is 6.80. The van der Waals surface area contributed by atoms with Crippen LogP contribution in [0.1, 0.15) is 24.2 Å². The number of rotatable bonds is 5. The van der Waals surface area contributed by atoms with Crippen LogP contribution in [0.4, 0.5) is 5.69 Å². The fraction of sp³-hybridized carbons (Fsp3) is 0.294. The van der Waals surface area contributed by atoms with E-state index in [0.717, 1.165) is 22.6 Å². The van der Waals surface area contributed by atoms with Crippen molar-refractivity contribution in [3.8, 4) is 5.75 Å². The van der Waals surface area contributed by atoms with Crippen molar-refractivity contribution < 1.29 is 9.84 Å². The Labute approximate surface area is 120 Å². The summed E-state index contributed by atoms with van der Waals surface area (Å²) in [6, 6.07) is 15.5. The quantitative estimate of drug-likeness (QED) is 0.906. The van der Waals surface area contributed by atoms with Crippen molar-refractivity contribution in [3.05, 3.63) is 59.7 Å². The highest BCUT2D eigenvalue weighted by atomic mass is 16.5. The van der Waals surface area contributed by atoms with Crippen molar-refractivity contribution in [1.29, 1.82) is 0 Å². The summed E-state index contributed by atoms with van der Waals surface area (Å²) in [4.78, 5) is 2.02. The average Bonchev–Trinajstić information content (AvgIpc) is 2.47. The third-order valence-electron chi connectivity index (χ3n) is 3.22. The molecule has 106 valence electrons. The molecule has 2 rings (SSSR count). The van der Waals surface area contributed by atoms with Crippen LogP contribution in [0.5, 0.6) is 5.75 Å². The number of hydrogen-bond acceptors (Lipinski definition) is 3. The van der Waals surface area contributed by atoms with E-state index in [1.807, 2.05) is 74.4 Å². The second-order valence-corrected chi connectivity index (χ2v) is 4.86. The van der Waals surface area contributed by atoms with Gasteiger partial charge in [-0.2, -0.15) is 0 Å². The first-order valence-electron chi connectivity index (χ1n) is 6.80. The van der Waals surface area contributed by atoms with Gasteiger partial charge >= 0.3 is 0 Å². The number of aliphatic hydroxyl groups is 1. The highest BCUT2D eigenvalue weighted by Crippen LogP contribution is 2.31. The maximum absolute atomic E-state index is 10.6. The molecule has 1 atom stereocenters. The fourth-order valence-corrected chi connectivity index (χ4v) is 2.15. The molecule has 2 aromatic rings. The topological polar surface area (TPSA) is 32.7 Å². The van der Waals surface area contributed by atoms with Gasteiger partial charge in [0.15, 0.2) is 0 Å². The summed E-state index contributed by atoms with van der Waals surface area (Å²) in [6.07, 6.45) is -0.683. The Morgan fingerprint density at radius 2 is 1.85 bits per heavy atom. The highest BCUT2D eigenvalue weighted by molar-refractivity contribution is 5.50. The van der Waals surface area contributed by atoms with Crippen LogP contribution in [0.3, 0.4) is 0 Å². The minimum Gasteiger partial charge on any atom is -0.493 e.